The summed E-state index contributed by atoms with van der Waals surface area (Å²) in [6.07, 6.45) is 2.65. The highest BCUT2D eigenvalue weighted by Gasteiger charge is 2.21. The molecule has 0 aliphatic heterocycles. The van der Waals surface area contributed by atoms with Crippen molar-refractivity contribution in [3.8, 4) is 0 Å². The second kappa shape index (κ2) is 10.4. The Morgan fingerprint density at radius 3 is 2.10 bits per heavy atom. The van der Waals surface area contributed by atoms with Gasteiger partial charge in [0.15, 0.2) is 0 Å². The zero-order valence-corrected chi connectivity index (χ0v) is 17.3. The molecule has 31 heavy (non-hydrogen) atoms. The molecule has 1 aromatic heterocycles. The summed E-state index contributed by atoms with van der Waals surface area (Å²) in [5, 5.41) is 12.4. The number of carboxylic acid groups (broad SMARTS) is 1. The molecular weight excluding hydrogens is 390 g/mol. The number of carbonyl (C=O) groups is 1. The summed E-state index contributed by atoms with van der Waals surface area (Å²) in [4.78, 5) is 25.0. The van der Waals surface area contributed by atoms with Crippen LogP contribution in [-0.4, -0.2) is 28.2 Å². The van der Waals surface area contributed by atoms with E-state index in [-0.39, 0.29) is 17.3 Å². The average Bonchev–Trinajstić information content (AvgIpc) is 2.79. The van der Waals surface area contributed by atoms with Crippen molar-refractivity contribution < 1.29 is 9.90 Å². The van der Waals surface area contributed by atoms with Crippen LogP contribution in [0.5, 0.6) is 0 Å². The van der Waals surface area contributed by atoms with Crippen molar-refractivity contribution in [1.82, 2.24) is 9.88 Å². The first-order chi connectivity index (χ1) is 15.0. The lowest BCUT2D eigenvalue weighted by atomic mass is 9.98. The molecule has 1 heterocycles. The molecule has 0 aliphatic carbocycles. The summed E-state index contributed by atoms with van der Waals surface area (Å²) in [7, 11) is 0. The van der Waals surface area contributed by atoms with Crippen LogP contribution in [-0.2, 0) is 4.79 Å². The Balaban J connectivity index is 2.00. The molecule has 6 nitrogen and oxygen atoms in total. The van der Waals surface area contributed by atoms with Crippen LogP contribution in [0.25, 0.3) is 5.70 Å². The third-order valence-corrected chi connectivity index (χ3v) is 5.15. The minimum atomic E-state index is -1.00. The molecule has 0 aliphatic rings. The molecule has 0 bridgehead atoms. The summed E-state index contributed by atoms with van der Waals surface area (Å²) >= 11 is 0. The molecule has 0 spiro atoms. The van der Waals surface area contributed by atoms with Gasteiger partial charge in [0.2, 0.25) is 0 Å². The van der Waals surface area contributed by atoms with Crippen LogP contribution in [0.1, 0.15) is 35.6 Å². The summed E-state index contributed by atoms with van der Waals surface area (Å²) in [6, 6.07) is 21.8. The van der Waals surface area contributed by atoms with Crippen LogP contribution in [0.2, 0.25) is 0 Å². The van der Waals surface area contributed by atoms with Gasteiger partial charge >= 0.3 is 5.97 Å². The second-order valence-corrected chi connectivity index (χ2v) is 7.30. The van der Waals surface area contributed by atoms with Gasteiger partial charge in [0.25, 0.3) is 5.56 Å². The van der Waals surface area contributed by atoms with E-state index in [2.05, 4.69) is 11.9 Å². The van der Waals surface area contributed by atoms with Crippen molar-refractivity contribution in [1.29, 1.82) is 0 Å². The fourth-order valence-electron chi connectivity index (χ4n) is 3.59. The molecule has 6 heteroatoms. The number of benzene rings is 2. The predicted octanol–water partition coefficient (Wildman–Crippen LogP) is 3.24. The molecule has 3 rings (SSSR count). The Labute approximate surface area is 181 Å². The largest absolute Gasteiger partial charge is 0.480 e. The van der Waals surface area contributed by atoms with Crippen molar-refractivity contribution in [3.63, 3.8) is 0 Å². The van der Waals surface area contributed by atoms with Crippen molar-refractivity contribution in [2.24, 2.45) is 5.73 Å². The van der Waals surface area contributed by atoms with E-state index < -0.39 is 12.0 Å². The van der Waals surface area contributed by atoms with Gasteiger partial charge in [-0.3, -0.25) is 4.79 Å². The van der Waals surface area contributed by atoms with Gasteiger partial charge in [-0.15, -0.1) is 0 Å². The number of aromatic nitrogens is 1. The van der Waals surface area contributed by atoms with Crippen LogP contribution in [0.15, 0.2) is 90.4 Å². The van der Waals surface area contributed by atoms with E-state index in [0.29, 0.717) is 24.9 Å². The molecule has 1 unspecified atom stereocenters. The highest BCUT2D eigenvalue weighted by atomic mass is 16.4. The van der Waals surface area contributed by atoms with E-state index in [1.165, 1.54) is 0 Å². The predicted molar refractivity (Wildman–Crippen MR) is 123 cm³/mol. The molecule has 160 valence electrons. The number of hydrogen-bond donors (Lipinski definition) is 3. The van der Waals surface area contributed by atoms with Crippen LogP contribution in [0.3, 0.4) is 0 Å². The summed E-state index contributed by atoms with van der Waals surface area (Å²) < 4.78 is 1.66. The molecule has 0 amide bonds. The number of rotatable bonds is 10. The molecule has 0 radical (unpaired) electrons. The minimum absolute atomic E-state index is 0.249. The first-order valence-corrected chi connectivity index (χ1v) is 10.2. The van der Waals surface area contributed by atoms with Crippen LogP contribution in [0, 0.1) is 0 Å². The van der Waals surface area contributed by atoms with Gasteiger partial charge in [-0.05, 0) is 42.6 Å². The Morgan fingerprint density at radius 1 is 1.00 bits per heavy atom. The van der Waals surface area contributed by atoms with Crippen LogP contribution in [0.4, 0.5) is 0 Å². The number of nitrogens with zero attached hydrogens (tertiary/aromatic N) is 1. The number of hydrogen-bond acceptors (Lipinski definition) is 4. The SMILES string of the molecule is C=C(NC(CCCN)C(=O)O)c1cccn(C(c2ccccc2)c2ccccc2)c1=O. The van der Waals surface area contributed by atoms with E-state index in [4.69, 9.17) is 5.73 Å². The van der Waals surface area contributed by atoms with Crippen LogP contribution >= 0.6 is 0 Å². The molecule has 1 atom stereocenters. The zero-order chi connectivity index (χ0) is 22.2. The van der Waals surface area contributed by atoms with Gasteiger partial charge in [-0.25, -0.2) is 4.79 Å². The van der Waals surface area contributed by atoms with Crippen molar-refractivity contribution >= 4 is 11.7 Å². The maximum atomic E-state index is 13.5. The van der Waals surface area contributed by atoms with Gasteiger partial charge in [0.1, 0.15) is 6.04 Å². The van der Waals surface area contributed by atoms with Gasteiger partial charge in [-0.2, -0.15) is 0 Å². The zero-order valence-electron chi connectivity index (χ0n) is 17.3. The fraction of sp³-hybridized carbons (Fsp3) is 0.200. The smallest absolute Gasteiger partial charge is 0.326 e. The van der Waals surface area contributed by atoms with Crippen molar-refractivity contribution in [2.45, 2.75) is 24.9 Å². The Bertz CT molecular complexity index is 1040. The normalized spacial score (nSPS) is 11.8. The number of pyridine rings is 1. The minimum Gasteiger partial charge on any atom is -0.480 e. The molecular formula is C25H27N3O3. The van der Waals surface area contributed by atoms with Gasteiger partial charge in [0.05, 0.1) is 11.6 Å². The summed E-state index contributed by atoms with van der Waals surface area (Å²) in [5.74, 6) is -1.00. The van der Waals surface area contributed by atoms with E-state index in [1.54, 1.807) is 22.9 Å². The van der Waals surface area contributed by atoms with E-state index in [0.717, 1.165) is 11.1 Å². The third kappa shape index (κ3) is 5.29. The van der Waals surface area contributed by atoms with Gasteiger partial charge in [0, 0.05) is 11.9 Å². The lowest BCUT2D eigenvalue weighted by molar-refractivity contribution is -0.139. The standard InChI is InChI=1S/C25H27N3O3/c1-18(27-22(25(30)31)15-8-16-26)21-14-9-17-28(24(21)29)23(19-10-4-2-5-11-19)20-12-6-3-7-13-20/h2-7,9-14,17,22-23,27H,1,8,15-16,26H2,(H,30,31). The topological polar surface area (TPSA) is 97.3 Å². The summed E-state index contributed by atoms with van der Waals surface area (Å²) in [6.45, 7) is 4.34. The molecule has 3 aromatic rings. The maximum Gasteiger partial charge on any atom is 0.326 e. The maximum absolute atomic E-state index is 13.5. The molecule has 0 fully saturated rings. The first-order valence-electron chi connectivity index (χ1n) is 10.2. The number of nitrogens with two attached hydrogens (primary N) is 1. The van der Waals surface area contributed by atoms with E-state index in [1.807, 2.05) is 60.7 Å². The lowest BCUT2D eigenvalue weighted by Gasteiger charge is -2.23. The first kappa shape index (κ1) is 22.1. The van der Waals surface area contributed by atoms with Crippen molar-refractivity contribution in [3.05, 3.63) is 113 Å². The number of carboxylic acids is 1. The highest BCUT2D eigenvalue weighted by molar-refractivity contribution is 5.76. The van der Waals surface area contributed by atoms with Gasteiger partial charge < -0.3 is 20.7 Å². The Hall–Kier alpha value is -3.64. The number of aliphatic carboxylic acids is 1. The Morgan fingerprint density at radius 2 is 1.58 bits per heavy atom. The quantitative estimate of drug-likeness (QED) is 0.471. The lowest BCUT2D eigenvalue weighted by Crippen LogP contribution is -2.37. The highest BCUT2D eigenvalue weighted by Crippen LogP contribution is 2.25. The van der Waals surface area contributed by atoms with E-state index >= 15 is 0 Å². The van der Waals surface area contributed by atoms with Gasteiger partial charge in [-0.1, -0.05) is 67.2 Å². The third-order valence-electron chi connectivity index (χ3n) is 5.15. The van der Waals surface area contributed by atoms with Crippen LogP contribution < -0.4 is 16.6 Å². The number of nitrogens with one attached hydrogen (secondary N) is 1. The molecule has 4 N–H and O–H groups in total. The Kier molecular flexibility index (Phi) is 7.40. The molecule has 2 aromatic carbocycles. The fourth-order valence-corrected chi connectivity index (χ4v) is 3.59. The summed E-state index contributed by atoms with van der Waals surface area (Å²) in [5.41, 5.74) is 7.81. The second-order valence-electron chi connectivity index (χ2n) is 7.30. The molecule has 0 saturated carbocycles. The average molecular weight is 418 g/mol. The monoisotopic (exact) mass is 417 g/mol. The van der Waals surface area contributed by atoms with E-state index in [9.17, 15) is 14.7 Å². The molecule has 0 saturated heterocycles. The van der Waals surface area contributed by atoms with Crippen molar-refractivity contribution in [2.75, 3.05) is 6.54 Å².